The number of halogens is 2. The van der Waals surface area contributed by atoms with Gasteiger partial charge in [0.05, 0.1) is 6.54 Å². The Kier molecular flexibility index (Phi) is 5.97. The van der Waals surface area contributed by atoms with E-state index < -0.39 is 5.60 Å². The van der Waals surface area contributed by atoms with Crippen molar-refractivity contribution in [2.45, 2.75) is 32.9 Å². The molecule has 2 aromatic carbocycles. The van der Waals surface area contributed by atoms with E-state index >= 15 is 0 Å². The molecular weight excluding hydrogens is 329 g/mol. The summed E-state index contributed by atoms with van der Waals surface area (Å²) in [5.41, 5.74) is 1.73. The highest BCUT2D eigenvalue weighted by atomic mass is 35.5. The summed E-state index contributed by atoms with van der Waals surface area (Å²) in [5, 5.41) is 3.53. The molecule has 3 nitrogen and oxygen atoms in total. The number of benzene rings is 2. The van der Waals surface area contributed by atoms with Gasteiger partial charge in [0.15, 0.2) is 0 Å². The van der Waals surface area contributed by atoms with E-state index in [-0.39, 0.29) is 18.3 Å². The van der Waals surface area contributed by atoms with E-state index in [4.69, 9.17) is 16.3 Å². The van der Waals surface area contributed by atoms with Crippen molar-refractivity contribution < 1.29 is 13.9 Å². The quantitative estimate of drug-likeness (QED) is 0.803. The van der Waals surface area contributed by atoms with Gasteiger partial charge in [-0.2, -0.15) is 0 Å². The summed E-state index contributed by atoms with van der Waals surface area (Å²) in [6.45, 7) is 6.16. The van der Waals surface area contributed by atoms with Crippen LogP contribution in [0.25, 0.3) is 11.1 Å². The zero-order chi connectivity index (χ0) is 17.7. The molecule has 0 aromatic heterocycles. The molecule has 24 heavy (non-hydrogen) atoms. The van der Waals surface area contributed by atoms with Crippen LogP contribution in [-0.2, 0) is 16.1 Å². The molecule has 0 aliphatic rings. The van der Waals surface area contributed by atoms with Gasteiger partial charge in [0.2, 0.25) is 0 Å². The molecule has 2 aromatic rings. The number of hydrogen-bond acceptors (Lipinski definition) is 3. The molecule has 0 aliphatic heterocycles. The van der Waals surface area contributed by atoms with E-state index in [0.29, 0.717) is 17.1 Å². The summed E-state index contributed by atoms with van der Waals surface area (Å²) in [4.78, 5) is 11.6. The first kappa shape index (κ1) is 18.4. The van der Waals surface area contributed by atoms with Gasteiger partial charge in [0, 0.05) is 17.1 Å². The minimum absolute atomic E-state index is 0.141. The van der Waals surface area contributed by atoms with Crippen molar-refractivity contribution in [1.29, 1.82) is 0 Å². The van der Waals surface area contributed by atoms with Gasteiger partial charge in [0.25, 0.3) is 0 Å². The zero-order valence-corrected chi connectivity index (χ0v) is 14.8. The fourth-order valence-electron chi connectivity index (χ4n) is 2.21. The molecule has 0 spiro atoms. The summed E-state index contributed by atoms with van der Waals surface area (Å²) >= 11 is 5.92. The van der Waals surface area contributed by atoms with E-state index in [1.807, 2.05) is 45.0 Å². The normalized spacial score (nSPS) is 11.4. The second kappa shape index (κ2) is 7.77. The number of esters is 1. The summed E-state index contributed by atoms with van der Waals surface area (Å²) in [6, 6.07) is 11.9. The average molecular weight is 350 g/mol. The number of hydrogen-bond donors (Lipinski definition) is 1. The molecule has 0 amide bonds. The van der Waals surface area contributed by atoms with Crippen molar-refractivity contribution in [3.8, 4) is 11.1 Å². The molecule has 0 bridgehead atoms. The highest BCUT2D eigenvalue weighted by Gasteiger charge is 2.15. The van der Waals surface area contributed by atoms with Crippen LogP contribution in [0.5, 0.6) is 0 Å². The molecule has 0 aliphatic carbocycles. The van der Waals surface area contributed by atoms with Crippen LogP contribution in [0, 0.1) is 5.82 Å². The van der Waals surface area contributed by atoms with Gasteiger partial charge in [-0.1, -0.05) is 35.9 Å². The monoisotopic (exact) mass is 349 g/mol. The highest BCUT2D eigenvalue weighted by Crippen LogP contribution is 2.26. The first-order valence-corrected chi connectivity index (χ1v) is 8.09. The largest absolute Gasteiger partial charge is 0.459 e. The van der Waals surface area contributed by atoms with E-state index in [9.17, 15) is 9.18 Å². The van der Waals surface area contributed by atoms with Crippen molar-refractivity contribution in [2.24, 2.45) is 0 Å². The lowest BCUT2D eigenvalue weighted by Crippen LogP contribution is -2.31. The Morgan fingerprint density at radius 1 is 1.17 bits per heavy atom. The second-order valence-electron chi connectivity index (χ2n) is 6.51. The number of carbonyl (C=O) groups excluding carboxylic acids is 1. The topological polar surface area (TPSA) is 38.3 Å². The molecule has 0 radical (unpaired) electrons. The zero-order valence-electron chi connectivity index (χ0n) is 14.0. The first-order chi connectivity index (χ1) is 11.2. The maximum atomic E-state index is 13.9. The molecule has 128 valence electrons. The van der Waals surface area contributed by atoms with Crippen LogP contribution in [-0.4, -0.2) is 18.1 Å². The lowest BCUT2D eigenvalue weighted by Gasteiger charge is -2.19. The molecule has 0 heterocycles. The third kappa shape index (κ3) is 5.62. The number of ether oxygens (including phenoxy) is 1. The van der Waals surface area contributed by atoms with Crippen LogP contribution in [0.2, 0.25) is 5.02 Å². The van der Waals surface area contributed by atoms with Crippen LogP contribution in [0.3, 0.4) is 0 Å². The Balaban J connectivity index is 1.93. The van der Waals surface area contributed by atoms with Gasteiger partial charge >= 0.3 is 5.97 Å². The molecule has 0 fully saturated rings. The van der Waals surface area contributed by atoms with E-state index in [1.54, 1.807) is 6.07 Å². The predicted octanol–water partition coefficient (Wildman–Crippen LogP) is 4.58. The van der Waals surface area contributed by atoms with Gasteiger partial charge in [-0.25, -0.2) is 4.39 Å². The molecule has 2 rings (SSSR count). The lowest BCUT2D eigenvalue weighted by molar-refractivity contribution is -0.153. The van der Waals surface area contributed by atoms with Crippen LogP contribution in [0.4, 0.5) is 4.39 Å². The van der Waals surface area contributed by atoms with Crippen LogP contribution < -0.4 is 5.32 Å². The van der Waals surface area contributed by atoms with Gasteiger partial charge in [0.1, 0.15) is 11.4 Å². The molecule has 1 N–H and O–H groups in total. The molecule has 5 heteroatoms. The van der Waals surface area contributed by atoms with E-state index in [0.717, 1.165) is 11.1 Å². The van der Waals surface area contributed by atoms with Gasteiger partial charge in [-0.05, 0) is 50.1 Å². The maximum absolute atomic E-state index is 13.9. The molecule has 0 unspecified atom stereocenters. The average Bonchev–Trinajstić information content (AvgIpc) is 2.49. The fraction of sp³-hybridized carbons (Fsp3) is 0.316. The standard InChI is InChI=1S/C19H21ClFNO2/c1-19(2,3)24-18(23)12-22-11-13-4-6-14(7-5-13)16-10-15(20)8-9-17(16)21/h4-10,22H,11-12H2,1-3H3. The Bertz CT molecular complexity index is 708. The number of carbonyl (C=O) groups is 1. The van der Waals surface area contributed by atoms with Gasteiger partial charge in [-0.3, -0.25) is 4.79 Å². The van der Waals surface area contributed by atoms with Gasteiger partial charge in [-0.15, -0.1) is 0 Å². The Labute approximate surface area is 146 Å². The third-order valence-electron chi connectivity index (χ3n) is 3.21. The van der Waals surface area contributed by atoms with Crippen LogP contribution in [0.1, 0.15) is 26.3 Å². The first-order valence-electron chi connectivity index (χ1n) is 7.71. The van der Waals surface area contributed by atoms with E-state index in [1.165, 1.54) is 12.1 Å². The fourth-order valence-corrected chi connectivity index (χ4v) is 2.38. The third-order valence-corrected chi connectivity index (χ3v) is 3.45. The van der Waals surface area contributed by atoms with Crippen molar-refractivity contribution in [2.75, 3.05) is 6.54 Å². The van der Waals surface area contributed by atoms with Crippen molar-refractivity contribution in [1.82, 2.24) is 5.32 Å². The summed E-state index contributed by atoms with van der Waals surface area (Å²) in [7, 11) is 0. The minimum atomic E-state index is -0.485. The molecule has 0 saturated carbocycles. The molecular formula is C19H21ClFNO2. The predicted molar refractivity (Wildman–Crippen MR) is 94.4 cm³/mol. The molecule has 0 saturated heterocycles. The van der Waals surface area contributed by atoms with Crippen LogP contribution in [0.15, 0.2) is 42.5 Å². The van der Waals surface area contributed by atoms with Gasteiger partial charge < -0.3 is 10.1 Å². The lowest BCUT2D eigenvalue weighted by atomic mass is 10.0. The maximum Gasteiger partial charge on any atom is 0.320 e. The highest BCUT2D eigenvalue weighted by molar-refractivity contribution is 6.30. The Morgan fingerprint density at radius 2 is 1.83 bits per heavy atom. The SMILES string of the molecule is CC(C)(C)OC(=O)CNCc1ccc(-c2cc(Cl)ccc2F)cc1. The summed E-state index contributed by atoms with van der Waals surface area (Å²) in [5.74, 6) is -0.602. The molecule has 0 atom stereocenters. The number of rotatable bonds is 5. The summed E-state index contributed by atoms with van der Waals surface area (Å²) < 4.78 is 19.1. The Hall–Kier alpha value is -1.91. The van der Waals surface area contributed by atoms with E-state index in [2.05, 4.69) is 5.32 Å². The second-order valence-corrected chi connectivity index (χ2v) is 6.95. The van der Waals surface area contributed by atoms with Crippen molar-refractivity contribution in [3.05, 3.63) is 58.9 Å². The van der Waals surface area contributed by atoms with Crippen LogP contribution >= 0.6 is 11.6 Å². The van der Waals surface area contributed by atoms with Crippen molar-refractivity contribution >= 4 is 17.6 Å². The number of nitrogens with one attached hydrogen (secondary N) is 1. The summed E-state index contributed by atoms with van der Waals surface area (Å²) in [6.07, 6.45) is 0. The minimum Gasteiger partial charge on any atom is -0.459 e. The van der Waals surface area contributed by atoms with Crippen molar-refractivity contribution in [3.63, 3.8) is 0 Å². The Morgan fingerprint density at radius 3 is 2.46 bits per heavy atom. The smallest absolute Gasteiger partial charge is 0.320 e.